The van der Waals surface area contributed by atoms with Gasteiger partial charge in [-0.25, -0.2) is 0 Å². The fourth-order valence-corrected chi connectivity index (χ4v) is 2.64. The number of carbonyl (C=O) groups is 1. The number of halogens is 1. The molecule has 0 bridgehead atoms. The quantitative estimate of drug-likeness (QED) is 0.765. The second kappa shape index (κ2) is 8.36. The molecule has 1 heterocycles. The summed E-state index contributed by atoms with van der Waals surface area (Å²) in [4.78, 5) is 12.1. The van der Waals surface area contributed by atoms with Gasteiger partial charge in [0.25, 0.3) is 5.91 Å². The van der Waals surface area contributed by atoms with E-state index in [1.165, 1.54) is 0 Å². The summed E-state index contributed by atoms with van der Waals surface area (Å²) in [5, 5.41) is 6.15. The van der Waals surface area contributed by atoms with E-state index in [2.05, 4.69) is 26.6 Å². The Morgan fingerprint density at radius 3 is 2.90 bits per heavy atom. The Labute approximate surface area is 133 Å². The minimum Gasteiger partial charge on any atom is -0.496 e. The number of ether oxygens (including phenoxy) is 2. The summed E-state index contributed by atoms with van der Waals surface area (Å²) in [5.41, 5.74) is 0.530. The van der Waals surface area contributed by atoms with Gasteiger partial charge in [-0.15, -0.1) is 0 Å². The van der Waals surface area contributed by atoms with Crippen molar-refractivity contribution in [2.45, 2.75) is 18.9 Å². The average molecular weight is 357 g/mol. The SMILES string of the molecule is COc1cc(Br)ccc1C(=O)NCCOC1CCNCC1. The summed E-state index contributed by atoms with van der Waals surface area (Å²) >= 11 is 3.36. The average Bonchev–Trinajstić information content (AvgIpc) is 2.52. The predicted molar refractivity (Wildman–Crippen MR) is 84.9 cm³/mol. The summed E-state index contributed by atoms with van der Waals surface area (Å²) in [6, 6.07) is 5.34. The number of amides is 1. The Hall–Kier alpha value is -1.11. The van der Waals surface area contributed by atoms with E-state index in [1.54, 1.807) is 19.2 Å². The number of methoxy groups -OCH3 is 1. The van der Waals surface area contributed by atoms with Crippen LogP contribution in [0.3, 0.4) is 0 Å². The van der Waals surface area contributed by atoms with Crippen LogP contribution in [0.25, 0.3) is 0 Å². The Balaban J connectivity index is 1.76. The highest BCUT2D eigenvalue weighted by Crippen LogP contribution is 2.23. The van der Waals surface area contributed by atoms with Crippen LogP contribution in [0, 0.1) is 0 Å². The summed E-state index contributed by atoms with van der Waals surface area (Å²) in [5.74, 6) is 0.411. The molecular formula is C15H21BrN2O3. The highest BCUT2D eigenvalue weighted by Gasteiger charge is 2.14. The predicted octanol–water partition coefficient (Wildman–Crippen LogP) is 1.96. The number of hydrogen-bond acceptors (Lipinski definition) is 4. The maximum absolute atomic E-state index is 12.1. The molecule has 2 rings (SSSR count). The lowest BCUT2D eigenvalue weighted by Gasteiger charge is -2.23. The molecular weight excluding hydrogens is 336 g/mol. The van der Waals surface area contributed by atoms with Crippen LogP contribution in [0.1, 0.15) is 23.2 Å². The fourth-order valence-electron chi connectivity index (χ4n) is 2.30. The van der Waals surface area contributed by atoms with Crippen LogP contribution in [0.4, 0.5) is 0 Å². The lowest BCUT2D eigenvalue weighted by molar-refractivity contribution is 0.0343. The number of nitrogens with one attached hydrogen (secondary N) is 2. The Kier molecular flexibility index (Phi) is 6.48. The van der Waals surface area contributed by atoms with Gasteiger partial charge in [0.1, 0.15) is 5.75 Å². The van der Waals surface area contributed by atoms with Gasteiger partial charge in [-0.2, -0.15) is 0 Å². The first-order chi connectivity index (χ1) is 10.2. The third-order valence-electron chi connectivity index (χ3n) is 3.44. The minimum absolute atomic E-state index is 0.145. The maximum atomic E-state index is 12.1. The van der Waals surface area contributed by atoms with Crippen molar-refractivity contribution in [1.29, 1.82) is 0 Å². The van der Waals surface area contributed by atoms with E-state index in [1.807, 2.05) is 6.07 Å². The molecule has 1 aromatic carbocycles. The van der Waals surface area contributed by atoms with Crippen LogP contribution in [0.15, 0.2) is 22.7 Å². The van der Waals surface area contributed by atoms with Crippen molar-refractivity contribution in [2.24, 2.45) is 0 Å². The second-order valence-corrected chi connectivity index (χ2v) is 5.84. The normalized spacial score (nSPS) is 15.7. The lowest BCUT2D eigenvalue weighted by atomic mass is 10.1. The Morgan fingerprint density at radius 1 is 1.43 bits per heavy atom. The van der Waals surface area contributed by atoms with Gasteiger partial charge in [-0.3, -0.25) is 4.79 Å². The fraction of sp³-hybridized carbons (Fsp3) is 0.533. The van der Waals surface area contributed by atoms with E-state index in [0.717, 1.165) is 30.4 Å². The first-order valence-corrected chi connectivity index (χ1v) is 7.94. The molecule has 2 N–H and O–H groups in total. The minimum atomic E-state index is -0.145. The maximum Gasteiger partial charge on any atom is 0.255 e. The molecule has 5 nitrogen and oxygen atoms in total. The molecule has 1 aromatic rings. The first kappa shape index (κ1) is 16.3. The van der Waals surface area contributed by atoms with Crippen molar-refractivity contribution in [3.63, 3.8) is 0 Å². The first-order valence-electron chi connectivity index (χ1n) is 7.15. The van der Waals surface area contributed by atoms with E-state index in [0.29, 0.717) is 30.6 Å². The molecule has 0 saturated carbocycles. The van der Waals surface area contributed by atoms with Gasteiger partial charge in [0.05, 0.1) is 25.4 Å². The molecule has 0 radical (unpaired) electrons. The monoisotopic (exact) mass is 356 g/mol. The zero-order valence-corrected chi connectivity index (χ0v) is 13.7. The lowest BCUT2D eigenvalue weighted by Crippen LogP contribution is -2.34. The van der Waals surface area contributed by atoms with Crippen molar-refractivity contribution in [1.82, 2.24) is 10.6 Å². The van der Waals surface area contributed by atoms with Gasteiger partial charge < -0.3 is 20.1 Å². The molecule has 21 heavy (non-hydrogen) atoms. The summed E-state index contributed by atoms with van der Waals surface area (Å²) < 4.78 is 11.9. The van der Waals surface area contributed by atoms with Crippen molar-refractivity contribution < 1.29 is 14.3 Å². The van der Waals surface area contributed by atoms with Crippen molar-refractivity contribution >= 4 is 21.8 Å². The molecule has 0 aromatic heterocycles. The highest BCUT2D eigenvalue weighted by molar-refractivity contribution is 9.10. The zero-order valence-electron chi connectivity index (χ0n) is 12.2. The van der Waals surface area contributed by atoms with E-state index in [-0.39, 0.29) is 5.91 Å². The smallest absolute Gasteiger partial charge is 0.255 e. The largest absolute Gasteiger partial charge is 0.496 e. The molecule has 1 fully saturated rings. The molecule has 1 aliphatic heterocycles. The Bertz CT molecular complexity index is 476. The van der Waals surface area contributed by atoms with Gasteiger partial charge in [0.2, 0.25) is 0 Å². The van der Waals surface area contributed by atoms with Crippen LogP contribution in [0.2, 0.25) is 0 Å². The number of piperidine rings is 1. The highest BCUT2D eigenvalue weighted by atomic mass is 79.9. The van der Waals surface area contributed by atoms with Crippen LogP contribution in [-0.2, 0) is 4.74 Å². The molecule has 1 saturated heterocycles. The van der Waals surface area contributed by atoms with Gasteiger partial charge in [-0.05, 0) is 44.1 Å². The zero-order chi connectivity index (χ0) is 15.1. The molecule has 1 aliphatic rings. The summed E-state index contributed by atoms with van der Waals surface area (Å²) in [6.45, 7) is 3.05. The molecule has 1 amide bonds. The second-order valence-electron chi connectivity index (χ2n) is 4.92. The van der Waals surface area contributed by atoms with E-state index >= 15 is 0 Å². The standard InChI is InChI=1S/C15H21BrN2O3/c1-20-14-10-11(16)2-3-13(14)15(19)18-8-9-21-12-4-6-17-7-5-12/h2-3,10,12,17H,4-9H2,1H3,(H,18,19). The molecule has 0 aliphatic carbocycles. The molecule has 0 spiro atoms. The third kappa shape index (κ3) is 4.98. The van der Waals surface area contributed by atoms with Crippen LogP contribution in [0.5, 0.6) is 5.75 Å². The van der Waals surface area contributed by atoms with Gasteiger partial charge >= 0.3 is 0 Å². The van der Waals surface area contributed by atoms with Gasteiger partial charge in [0, 0.05) is 11.0 Å². The van der Waals surface area contributed by atoms with Crippen LogP contribution < -0.4 is 15.4 Å². The van der Waals surface area contributed by atoms with E-state index in [4.69, 9.17) is 9.47 Å². The summed E-state index contributed by atoms with van der Waals surface area (Å²) in [7, 11) is 1.55. The van der Waals surface area contributed by atoms with Crippen molar-refractivity contribution in [3.05, 3.63) is 28.2 Å². The molecule has 116 valence electrons. The van der Waals surface area contributed by atoms with E-state index in [9.17, 15) is 4.79 Å². The third-order valence-corrected chi connectivity index (χ3v) is 3.93. The molecule has 0 unspecified atom stereocenters. The number of hydrogen-bond donors (Lipinski definition) is 2. The van der Waals surface area contributed by atoms with Crippen LogP contribution >= 0.6 is 15.9 Å². The van der Waals surface area contributed by atoms with Crippen molar-refractivity contribution in [3.8, 4) is 5.75 Å². The van der Waals surface area contributed by atoms with E-state index < -0.39 is 0 Å². The van der Waals surface area contributed by atoms with Gasteiger partial charge in [0.15, 0.2) is 0 Å². The molecule has 0 atom stereocenters. The number of carbonyl (C=O) groups excluding carboxylic acids is 1. The van der Waals surface area contributed by atoms with Crippen molar-refractivity contribution in [2.75, 3.05) is 33.4 Å². The number of rotatable bonds is 6. The summed E-state index contributed by atoms with van der Waals surface area (Å²) in [6.07, 6.45) is 2.38. The topological polar surface area (TPSA) is 59.6 Å². The Morgan fingerprint density at radius 2 is 2.19 bits per heavy atom. The molecule has 6 heteroatoms. The van der Waals surface area contributed by atoms with Crippen LogP contribution in [-0.4, -0.2) is 45.4 Å². The van der Waals surface area contributed by atoms with Gasteiger partial charge in [-0.1, -0.05) is 15.9 Å². The number of benzene rings is 1.